The Hall–Kier alpha value is -1.25. The molecular formula is C14H12Cl2FN. The minimum Gasteiger partial charge on any atom is -0.376 e. The van der Waals surface area contributed by atoms with Crippen LogP contribution in [0.4, 0.5) is 10.1 Å². The third-order valence-electron chi connectivity index (χ3n) is 2.69. The third kappa shape index (κ3) is 2.95. The van der Waals surface area contributed by atoms with Crippen molar-refractivity contribution in [1.29, 1.82) is 0 Å². The highest BCUT2D eigenvalue weighted by Gasteiger charge is 2.09. The van der Waals surface area contributed by atoms with Crippen LogP contribution < -0.4 is 5.32 Å². The molecule has 0 aromatic heterocycles. The van der Waals surface area contributed by atoms with Crippen LogP contribution in [0.15, 0.2) is 42.5 Å². The number of rotatable bonds is 3. The number of para-hydroxylation sites is 1. The molecule has 0 bridgehead atoms. The highest BCUT2D eigenvalue weighted by atomic mass is 35.5. The first-order valence-corrected chi connectivity index (χ1v) is 6.29. The molecule has 0 aliphatic heterocycles. The van der Waals surface area contributed by atoms with Gasteiger partial charge in [-0.1, -0.05) is 41.4 Å². The van der Waals surface area contributed by atoms with E-state index in [0.717, 1.165) is 5.56 Å². The fourth-order valence-corrected chi connectivity index (χ4v) is 1.98. The quantitative estimate of drug-likeness (QED) is 0.805. The first kappa shape index (κ1) is 13.2. The molecule has 1 nitrogen and oxygen atoms in total. The monoisotopic (exact) mass is 283 g/mol. The molecule has 0 aliphatic carbocycles. The van der Waals surface area contributed by atoms with Crippen molar-refractivity contribution in [2.45, 2.75) is 13.0 Å². The van der Waals surface area contributed by atoms with E-state index >= 15 is 0 Å². The third-order valence-corrected chi connectivity index (χ3v) is 3.43. The van der Waals surface area contributed by atoms with E-state index in [1.165, 1.54) is 6.07 Å². The molecule has 1 unspecified atom stereocenters. The van der Waals surface area contributed by atoms with Crippen LogP contribution in [0.1, 0.15) is 18.5 Å². The van der Waals surface area contributed by atoms with E-state index in [-0.39, 0.29) is 11.9 Å². The molecule has 2 aromatic carbocycles. The predicted octanol–water partition coefficient (Wildman–Crippen LogP) is 5.31. The molecule has 1 N–H and O–H groups in total. The topological polar surface area (TPSA) is 12.0 Å². The lowest BCUT2D eigenvalue weighted by molar-refractivity contribution is 0.627. The average molecular weight is 284 g/mol. The van der Waals surface area contributed by atoms with E-state index in [4.69, 9.17) is 23.2 Å². The fraction of sp³-hybridized carbons (Fsp3) is 0.143. The van der Waals surface area contributed by atoms with Crippen LogP contribution in [-0.2, 0) is 0 Å². The molecular weight excluding hydrogens is 272 g/mol. The van der Waals surface area contributed by atoms with Gasteiger partial charge in [-0.15, -0.1) is 0 Å². The number of hydrogen-bond donors (Lipinski definition) is 1. The van der Waals surface area contributed by atoms with Crippen LogP contribution in [0.5, 0.6) is 0 Å². The standard InChI is InChI=1S/C14H12Cl2FN/c1-9(10-6-7-11(15)12(16)8-10)18-14-5-3-2-4-13(14)17/h2-9,18H,1H3. The van der Waals surface area contributed by atoms with Gasteiger partial charge >= 0.3 is 0 Å². The summed E-state index contributed by atoms with van der Waals surface area (Å²) < 4.78 is 13.5. The molecule has 0 radical (unpaired) electrons. The molecule has 2 aromatic rings. The van der Waals surface area contributed by atoms with Crippen LogP contribution in [0.2, 0.25) is 10.0 Å². The predicted molar refractivity (Wildman–Crippen MR) is 74.9 cm³/mol. The Morgan fingerprint density at radius 2 is 1.78 bits per heavy atom. The fourth-order valence-electron chi connectivity index (χ4n) is 1.68. The Labute approximate surface area is 116 Å². The van der Waals surface area contributed by atoms with Gasteiger partial charge in [0.05, 0.1) is 15.7 Å². The van der Waals surface area contributed by atoms with E-state index < -0.39 is 0 Å². The molecule has 0 heterocycles. The second-order valence-electron chi connectivity index (χ2n) is 4.02. The van der Waals surface area contributed by atoms with Crippen LogP contribution in [0, 0.1) is 5.82 Å². The van der Waals surface area contributed by atoms with Crippen LogP contribution in [0.25, 0.3) is 0 Å². The largest absolute Gasteiger partial charge is 0.376 e. The molecule has 2 rings (SSSR count). The number of halogens is 3. The second kappa shape index (κ2) is 5.59. The Morgan fingerprint density at radius 1 is 1.06 bits per heavy atom. The van der Waals surface area contributed by atoms with E-state index in [1.54, 1.807) is 30.3 Å². The summed E-state index contributed by atoms with van der Waals surface area (Å²) in [6.45, 7) is 1.94. The smallest absolute Gasteiger partial charge is 0.146 e. The van der Waals surface area contributed by atoms with Gasteiger partial charge in [0.15, 0.2) is 0 Å². The van der Waals surface area contributed by atoms with E-state index in [2.05, 4.69) is 5.32 Å². The lowest BCUT2D eigenvalue weighted by Gasteiger charge is -2.16. The van der Waals surface area contributed by atoms with Gasteiger partial charge < -0.3 is 5.32 Å². The summed E-state index contributed by atoms with van der Waals surface area (Å²) in [6.07, 6.45) is 0. The maximum Gasteiger partial charge on any atom is 0.146 e. The van der Waals surface area contributed by atoms with E-state index in [0.29, 0.717) is 15.7 Å². The van der Waals surface area contributed by atoms with Crippen molar-refractivity contribution in [3.8, 4) is 0 Å². The van der Waals surface area contributed by atoms with Gasteiger partial charge in [-0.05, 0) is 36.8 Å². The zero-order chi connectivity index (χ0) is 13.1. The summed E-state index contributed by atoms with van der Waals surface area (Å²) in [5.74, 6) is -0.274. The van der Waals surface area contributed by atoms with Gasteiger partial charge in [-0.3, -0.25) is 0 Å². The average Bonchev–Trinajstić information content (AvgIpc) is 2.35. The molecule has 1 atom stereocenters. The molecule has 4 heteroatoms. The van der Waals surface area contributed by atoms with Gasteiger partial charge in [-0.25, -0.2) is 4.39 Å². The number of hydrogen-bond acceptors (Lipinski definition) is 1. The second-order valence-corrected chi connectivity index (χ2v) is 4.83. The van der Waals surface area contributed by atoms with Gasteiger partial charge in [0, 0.05) is 6.04 Å². The van der Waals surface area contributed by atoms with Gasteiger partial charge in [0.1, 0.15) is 5.82 Å². The summed E-state index contributed by atoms with van der Waals surface area (Å²) >= 11 is 11.8. The molecule has 18 heavy (non-hydrogen) atoms. The Kier molecular flexibility index (Phi) is 4.10. The highest BCUT2D eigenvalue weighted by molar-refractivity contribution is 6.42. The molecule has 0 spiro atoms. The van der Waals surface area contributed by atoms with Gasteiger partial charge in [0.2, 0.25) is 0 Å². The summed E-state index contributed by atoms with van der Waals surface area (Å²) in [6, 6.07) is 11.9. The highest BCUT2D eigenvalue weighted by Crippen LogP contribution is 2.27. The number of anilines is 1. The van der Waals surface area contributed by atoms with Crippen molar-refractivity contribution >= 4 is 28.9 Å². The van der Waals surface area contributed by atoms with Crippen molar-refractivity contribution in [3.63, 3.8) is 0 Å². The first-order chi connectivity index (χ1) is 8.58. The molecule has 0 saturated heterocycles. The molecule has 0 aliphatic rings. The van der Waals surface area contributed by atoms with Crippen molar-refractivity contribution < 1.29 is 4.39 Å². The summed E-state index contributed by atoms with van der Waals surface area (Å²) in [7, 11) is 0. The zero-order valence-electron chi connectivity index (χ0n) is 9.75. The summed E-state index contributed by atoms with van der Waals surface area (Å²) in [4.78, 5) is 0. The first-order valence-electron chi connectivity index (χ1n) is 5.54. The summed E-state index contributed by atoms with van der Waals surface area (Å²) in [5, 5.41) is 4.11. The number of nitrogens with one attached hydrogen (secondary N) is 1. The lowest BCUT2D eigenvalue weighted by atomic mass is 10.1. The Balaban J connectivity index is 2.19. The van der Waals surface area contributed by atoms with Gasteiger partial charge in [-0.2, -0.15) is 0 Å². The molecule has 0 fully saturated rings. The van der Waals surface area contributed by atoms with Gasteiger partial charge in [0.25, 0.3) is 0 Å². The molecule has 0 amide bonds. The van der Waals surface area contributed by atoms with Crippen molar-refractivity contribution in [3.05, 3.63) is 63.9 Å². The minimum atomic E-state index is -0.274. The summed E-state index contributed by atoms with van der Waals surface area (Å²) in [5.41, 5.74) is 1.42. The van der Waals surface area contributed by atoms with Crippen LogP contribution in [-0.4, -0.2) is 0 Å². The Morgan fingerprint density at radius 3 is 2.44 bits per heavy atom. The van der Waals surface area contributed by atoms with E-state index in [1.807, 2.05) is 13.0 Å². The maximum atomic E-state index is 13.5. The van der Waals surface area contributed by atoms with E-state index in [9.17, 15) is 4.39 Å². The van der Waals surface area contributed by atoms with Crippen molar-refractivity contribution in [2.24, 2.45) is 0 Å². The maximum absolute atomic E-state index is 13.5. The normalized spacial score (nSPS) is 12.2. The SMILES string of the molecule is CC(Nc1ccccc1F)c1ccc(Cl)c(Cl)c1. The zero-order valence-corrected chi connectivity index (χ0v) is 11.3. The van der Waals surface area contributed by atoms with Crippen LogP contribution >= 0.6 is 23.2 Å². The lowest BCUT2D eigenvalue weighted by Crippen LogP contribution is -2.07. The number of benzene rings is 2. The minimum absolute atomic E-state index is 0.0586. The van der Waals surface area contributed by atoms with Crippen molar-refractivity contribution in [1.82, 2.24) is 0 Å². The van der Waals surface area contributed by atoms with Crippen LogP contribution in [0.3, 0.4) is 0 Å². The molecule has 0 saturated carbocycles. The van der Waals surface area contributed by atoms with Crippen molar-refractivity contribution in [2.75, 3.05) is 5.32 Å². The Bertz CT molecular complexity index is 557. The molecule has 94 valence electrons.